The number of ether oxygens (including phenoxy) is 1. The lowest BCUT2D eigenvalue weighted by molar-refractivity contribution is 0.489. The Kier molecular flexibility index (Phi) is 2.83. The molecule has 2 N–H and O–H groups in total. The van der Waals surface area contributed by atoms with E-state index in [1.165, 1.54) is 4.70 Å². The number of thiophene rings is 1. The zero-order chi connectivity index (χ0) is 14.4. The molecule has 4 rings (SSSR count). The van der Waals surface area contributed by atoms with E-state index in [-0.39, 0.29) is 0 Å². The topological polar surface area (TPSA) is 48.1 Å². The Morgan fingerprint density at radius 2 is 1.95 bits per heavy atom. The van der Waals surface area contributed by atoms with Crippen LogP contribution in [0.5, 0.6) is 11.5 Å². The van der Waals surface area contributed by atoms with E-state index in [2.05, 4.69) is 22.5 Å². The number of hydrogen-bond donors (Lipinski definition) is 1. The molecule has 0 fully saturated rings. The highest BCUT2D eigenvalue weighted by atomic mass is 32.1. The number of nitrogens with two attached hydrogens (primary N) is 1. The fourth-order valence-corrected chi connectivity index (χ4v) is 4.17. The number of fused-ring (bicyclic) bond motifs is 3. The first-order valence-electron chi connectivity index (χ1n) is 6.51. The van der Waals surface area contributed by atoms with Crippen LogP contribution in [0.3, 0.4) is 0 Å². The van der Waals surface area contributed by atoms with Gasteiger partial charge in [-0.15, -0.1) is 22.7 Å². The van der Waals surface area contributed by atoms with E-state index in [4.69, 9.17) is 10.5 Å². The van der Waals surface area contributed by atoms with Gasteiger partial charge < -0.3 is 10.5 Å². The van der Waals surface area contributed by atoms with Gasteiger partial charge >= 0.3 is 0 Å². The van der Waals surface area contributed by atoms with Crippen molar-refractivity contribution in [2.24, 2.45) is 0 Å². The molecule has 0 spiro atoms. The summed E-state index contributed by atoms with van der Waals surface area (Å²) in [5.74, 6) is 1.66. The van der Waals surface area contributed by atoms with E-state index in [0.717, 1.165) is 37.8 Å². The number of benzene rings is 2. The van der Waals surface area contributed by atoms with Crippen LogP contribution in [0.15, 0.2) is 41.8 Å². The van der Waals surface area contributed by atoms with E-state index >= 15 is 0 Å². The molecule has 2 aromatic heterocycles. The third kappa shape index (κ3) is 2.14. The number of rotatable bonds is 2. The molecule has 0 unspecified atom stereocenters. The summed E-state index contributed by atoms with van der Waals surface area (Å²) in [6.07, 6.45) is 0. The summed E-state index contributed by atoms with van der Waals surface area (Å²) in [5.41, 5.74) is 7.52. The van der Waals surface area contributed by atoms with Crippen LogP contribution in [0.2, 0.25) is 0 Å². The largest absolute Gasteiger partial charge is 0.457 e. The molecule has 0 saturated carbocycles. The SMILES string of the molecule is Cc1nc2c(cc(Oc3ccc(N)cc3)c3ccsc32)s1. The van der Waals surface area contributed by atoms with E-state index in [9.17, 15) is 0 Å². The molecule has 4 aromatic rings. The summed E-state index contributed by atoms with van der Waals surface area (Å²) in [5, 5.41) is 4.26. The molecule has 2 aromatic carbocycles. The van der Waals surface area contributed by atoms with Crippen molar-refractivity contribution in [3.63, 3.8) is 0 Å². The standard InChI is InChI=1S/C16H12N2OS2/c1-9-18-15-14(21-9)8-13(12-6-7-20-16(12)15)19-11-4-2-10(17)3-5-11/h2-8H,17H2,1H3. The van der Waals surface area contributed by atoms with Crippen LogP contribution in [0.25, 0.3) is 20.3 Å². The van der Waals surface area contributed by atoms with Crippen LogP contribution in [0.4, 0.5) is 5.69 Å². The maximum Gasteiger partial charge on any atom is 0.137 e. The number of anilines is 1. The lowest BCUT2D eigenvalue weighted by Gasteiger charge is -2.07. The van der Waals surface area contributed by atoms with Crippen LogP contribution in [-0.4, -0.2) is 4.98 Å². The maximum atomic E-state index is 6.05. The van der Waals surface area contributed by atoms with Crippen molar-refractivity contribution in [2.75, 3.05) is 5.73 Å². The Labute approximate surface area is 129 Å². The summed E-state index contributed by atoms with van der Waals surface area (Å²) in [4.78, 5) is 4.63. The van der Waals surface area contributed by atoms with Gasteiger partial charge in [-0.1, -0.05) is 0 Å². The number of thiazole rings is 1. The molecule has 21 heavy (non-hydrogen) atoms. The van der Waals surface area contributed by atoms with Gasteiger partial charge in [-0.25, -0.2) is 4.98 Å². The van der Waals surface area contributed by atoms with Gasteiger partial charge in [0.15, 0.2) is 0 Å². The van der Waals surface area contributed by atoms with Crippen molar-refractivity contribution in [1.82, 2.24) is 4.98 Å². The van der Waals surface area contributed by atoms with Crippen molar-refractivity contribution in [1.29, 1.82) is 0 Å². The molecule has 5 heteroatoms. The number of hydrogen-bond acceptors (Lipinski definition) is 5. The normalized spacial score (nSPS) is 11.3. The zero-order valence-corrected chi connectivity index (χ0v) is 12.9. The highest BCUT2D eigenvalue weighted by Crippen LogP contribution is 2.40. The van der Waals surface area contributed by atoms with E-state index in [0.29, 0.717) is 0 Å². The summed E-state index contributed by atoms with van der Waals surface area (Å²) >= 11 is 3.39. The third-order valence-corrected chi connectivity index (χ3v) is 5.12. The fraction of sp³-hybridized carbons (Fsp3) is 0.0625. The summed E-state index contributed by atoms with van der Waals surface area (Å²) in [6, 6.07) is 11.6. The first kappa shape index (κ1) is 12.6. The van der Waals surface area contributed by atoms with Crippen molar-refractivity contribution in [3.05, 3.63) is 46.8 Å². The molecule has 0 atom stereocenters. The van der Waals surface area contributed by atoms with Gasteiger partial charge in [0, 0.05) is 17.1 Å². The predicted octanol–water partition coefficient (Wildman–Crippen LogP) is 5.19. The average Bonchev–Trinajstić information content (AvgIpc) is 3.07. The highest BCUT2D eigenvalue weighted by Gasteiger charge is 2.13. The van der Waals surface area contributed by atoms with Crippen molar-refractivity contribution >= 4 is 48.7 Å². The van der Waals surface area contributed by atoms with Gasteiger partial charge in [0.05, 0.1) is 19.9 Å². The van der Waals surface area contributed by atoms with Gasteiger partial charge in [0.25, 0.3) is 0 Å². The minimum absolute atomic E-state index is 0.733. The summed E-state index contributed by atoms with van der Waals surface area (Å²) < 4.78 is 8.40. The number of aromatic nitrogens is 1. The minimum atomic E-state index is 0.733. The second-order valence-electron chi connectivity index (χ2n) is 4.79. The Bertz CT molecular complexity index is 938. The minimum Gasteiger partial charge on any atom is -0.457 e. The Morgan fingerprint density at radius 3 is 2.76 bits per heavy atom. The van der Waals surface area contributed by atoms with E-state index < -0.39 is 0 Å². The molecule has 0 radical (unpaired) electrons. The van der Waals surface area contributed by atoms with Crippen LogP contribution in [0, 0.1) is 6.92 Å². The van der Waals surface area contributed by atoms with Gasteiger partial charge in [-0.05, 0) is 42.6 Å². The van der Waals surface area contributed by atoms with Crippen LogP contribution in [-0.2, 0) is 0 Å². The lowest BCUT2D eigenvalue weighted by atomic mass is 10.2. The summed E-state index contributed by atoms with van der Waals surface area (Å²) in [7, 11) is 0. The molecule has 3 nitrogen and oxygen atoms in total. The third-order valence-electron chi connectivity index (χ3n) is 3.28. The molecule has 0 aliphatic rings. The molecule has 0 aliphatic heterocycles. The molecular weight excluding hydrogens is 300 g/mol. The molecule has 0 amide bonds. The highest BCUT2D eigenvalue weighted by molar-refractivity contribution is 7.21. The fourth-order valence-electron chi connectivity index (χ4n) is 2.33. The van der Waals surface area contributed by atoms with E-state index in [1.807, 2.05) is 31.2 Å². The second kappa shape index (κ2) is 4.72. The Balaban J connectivity index is 1.89. The quantitative estimate of drug-likeness (QED) is 0.518. The lowest BCUT2D eigenvalue weighted by Crippen LogP contribution is -1.87. The number of nitrogen functional groups attached to an aromatic ring is 1. The monoisotopic (exact) mass is 312 g/mol. The zero-order valence-electron chi connectivity index (χ0n) is 11.3. The molecule has 0 saturated heterocycles. The summed E-state index contributed by atoms with van der Waals surface area (Å²) in [6.45, 7) is 2.03. The Hall–Kier alpha value is -2.11. The van der Waals surface area contributed by atoms with Gasteiger partial charge in [0.1, 0.15) is 11.5 Å². The van der Waals surface area contributed by atoms with Gasteiger partial charge in [-0.2, -0.15) is 0 Å². The van der Waals surface area contributed by atoms with Gasteiger partial charge in [0.2, 0.25) is 0 Å². The van der Waals surface area contributed by atoms with Gasteiger partial charge in [-0.3, -0.25) is 0 Å². The maximum absolute atomic E-state index is 6.05. The smallest absolute Gasteiger partial charge is 0.137 e. The van der Waals surface area contributed by atoms with Crippen molar-refractivity contribution in [2.45, 2.75) is 6.92 Å². The number of aryl methyl sites for hydroxylation is 1. The molecule has 0 bridgehead atoms. The van der Waals surface area contributed by atoms with Crippen LogP contribution in [0.1, 0.15) is 5.01 Å². The van der Waals surface area contributed by atoms with Crippen molar-refractivity contribution in [3.8, 4) is 11.5 Å². The molecular formula is C16H12N2OS2. The van der Waals surface area contributed by atoms with Crippen molar-refractivity contribution < 1.29 is 4.74 Å². The Morgan fingerprint density at radius 1 is 1.14 bits per heavy atom. The first-order valence-corrected chi connectivity index (χ1v) is 8.21. The first-order chi connectivity index (χ1) is 10.2. The molecule has 2 heterocycles. The van der Waals surface area contributed by atoms with Crippen LogP contribution >= 0.6 is 22.7 Å². The number of nitrogens with zero attached hydrogens (tertiary/aromatic N) is 1. The second-order valence-corrected chi connectivity index (χ2v) is 6.94. The molecule has 0 aliphatic carbocycles. The predicted molar refractivity (Wildman–Crippen MR) is 90.7 cm³/mol. The average molecular weight is 312 g/mol. The molecule has 104 valence electrons. The van der Waals surface area contributed by atoms with Crippen LogP contribution < -0.4 is 10.5 Å². The van der Waals surface area contributed by atoms with E-state index in [1.54, 1.807) is 22.7 Å².